The molecule has 0 amide bonds. The molecule has 0 aromatic rings. The molecule has 0 spiro atoms. The van der Waals surface area contributed by atoms with Crippen molar-refractivity contribution >= 4 is 11.9 Å². The largest absolute Gasteiger partial charge is 0.459 e. The molecule has 2 aliphatic carbocycles. The Kier molecular flexibility index (Phi) is 5.20. The monoisotopic (exact) mass is 416 g/mol. The van der Waals surface area contributed by atoms with Gasteiger partial charge in [-0.2, -0.15) is 0 Å². The van der Waals surface area contributed by atoms with Gasteiger partial charge in [-0.3, -0.25) is 0 Å². The average Bonchev–Trinajstić information content (AvgIpc) is 3.23. The van der Waals surface area contributed by atoms with E-state index in [-0.39, 0.29) is 40.4 Å². The van der Waals surface area contributed by atoms with Crippen molar-refractivity contribution in [3.8, 4) is 0 Å². The smallest absolute Gasteiger partial charge is 0.333 e. The maximum absolute atomic E-state index is 12.7. The number of ether oxygens (including phenoxy) is 3. The van der Waals surface area contributed by atoms with Gasteiger partial charge in [0.1, 0.15) is 12.7 Å². The van der Waals surface area contributed by atoms with Crippen LogP contribution >= 0.6 is 0 Å². The van der Waals surface area contributed by atoms with Crippen molar-refractivity contribution in [1.29, 1.82) is 0 Å². The predicted octanol–water partition coefficient (Wildman–Crippen LogP) is 4.75. The first-order valence-electron chi connectivity index (χ1n) is 11.4. The Balaban J connectivity index is 1.64. The molecule has 2 aliphatic heterocycles. The lowest BCUT2D eigenvalue weighted by Gasteiger charge is -2.61. The molecule has 0 N–H and O–H groups in total. The number of cyclic esters (lactones) is 1. The summed E-state index contributed by atoms with van der Waals surface area (Å²) in [5.74, 6) is 0.261. The molecule has 4 rings (SSSR count). The van der Waals surface area contributed by atoms with Crippen molar-refractivity contribution in [2.75, 3.05) is 6.61 Å². The van der Waals surface area contributed by atoms with Crippen molar-refractivity contribution in [2.45, 2.75) is 91.5 Å². The first-order valence-corrected chi connectivity index (χ1v) is 11.4. The number of carbonyl (C=O) groups is 2. The Bertz CT molecular complexity index is 812. The molecule has 0 aromatic heterocycles. The lowest BCUT2D eigenvalue weighted by atomic mass is 9.44. The second kappa shape index (κ2) is 7.22. The summed E-state index contributed by atoms with van der Waals surface area (Å²) in [5, 5.41) is 0. The van der Waals surface area contributed by atoms with Crippen LogP contribution in [0.4, 0.5) is 0 Å². The molecule has 0 radical (unpaired) electrons. The zero-order valence-corrected chi connectivity index (χ0v) is 19.2. The quantitative estimate of drug-likeness (QED) is 0.368. The summed E-state index contributed by atoms with van der Waals surface area (Å²) >= 11 is 0. The number of hydrogen-bond acceptors (Lipinski definition) is 5. The number of carbonyl (C=O) groups excluding carboxylic acids is 2. The van der Waals surface area contributed by atoms with Crippen LogP contribution in [0.5, 0.6) is 0 Å². The number of fused-ring (bicyclic) bond motifs is 3. The van der Waals surface area contributed by atoms with Gasteiger partial charge in [0.2, 0.25) is 0 Å². The van der Waals surface area contributed by atoms with E-state index in [1.54, 1.807) is 6.08 Å². The van der Waals surface area contributed by atoms with Crippen LogP contribution in [0.1, 0.15) is 73.6 Å². The molecule has 2 saturated carbocycles. The van der Waals surface area contributed by atoms with Gasteiger partial charge in [0, 0.05) is 17.1 Å². The minimum absolute atomic E-state index is 0.0197. The molecule has 166 valence electrons. The Morgan fingerprint density at radius 2 is 2.03 bits per heavy atom. The lowest BCUT2D eigenvalue weighted by molar-refractivity contribution is -0.182. The van der Waals surface area contributed by atoms with Crippen molar-refractivity contribution in [2.24, 2.45) is 22.7 Å². The second-order valence-corrected chi connectivity index (χ2v) is 10.6. The number of epoxide rings is 1. The van der Waals surface area contributed by atoms with E-state index in [1.807, 2.05) is 19.9 Å². The third-order valence-electron chi connectivity index (χ3n) is 9.30. The highest BCUT2D eigenvalue weighted by atomic mass is 16.6. The first kappa shape index (κ1) is 21.6. The van der Waals surface area contributed by atoms with Gasteiger partial charge >= 0.3 is 11.9 Å². The number of rotatable bonds is 5. The molecular weight excluding hydrogens is 380 g/mol. The molecule has 0 bridgehead atoms. The van der Waals surface area contributed by atoms with Crippen LogP contribution in [0, 0.1) is 22.7 Å². The highest BCUT2D eigenvalue weighted by Gasteiger charge is 2.73. The maximum Gasteiger partial charge on any atom is 0.333 e. The summed E-state index contributed by atoms with van der Waals surface area (Å²) in [6.45, 7) is 13.3. The lowest BCUT2D eigenvalue weighted by Crippen LogP contribution is -2.61. The number of hydrogen-bond donors (Lipinski definition) is 0. The highest BCUT2D eigenvalue weighted by molar-refractivity contribution is 5.87. The molecule has 1 saturated heterocycles. The minimum atomic E-state index is -0.232. The van der Waals surface area contributed by atoms with E-state index < -0.39 is 0 Å². The molecule has 3 fully saturated rings. The summed E-state index contributed by atoms with van der Waals surface area (Å²) in [4.78, 5) is 24.2. The summed E-state index contributed by atoms with van der Waals surface area (Å²) in [6.07, 6.45) is 8.52. The van der Waals surface area contributed by atoms with Crippen molar-refractivity contribution in [3.63, 3.8) is 0 Å². The normalized spacial score (nSPS) is 45.2. The molecular formula is C25H36O5. The van der Waals surface area contributed by atoms with E-state index in [0.29, 0.717) is 24.2 Å². The standard InChI is InChI=1S/C25H36O5/c1-7-15(2)22(27)29-18-13-24(5)19(8-9-20-25(24,6)30-20)23(4,16(18)3)11-10-17-12-21(26)28-14-17/h7,12,16,18-20H,8-11,13-14H2,1-6H3/b15-7-/t16-,18+,19+,20-,23-,24-,25-/m1/s1. The van der Waals surface area contributed by atoms with Crippen LogP contribution in [-0.4, -0.2) is 36.4 Å². The second-order valence-electron chi connectivity index (χ2n) is 10.6. The van der Waals surface area contributed by atoms with Gasteiger partial charge in [0.25, 0.3) is 0 Å². The Morgan fingerprint density at radius 1 is 1.30 bits per heavy atom. The topological polar surface area (TPSA) is 65.1 Å². The third kappa shape index (κ3) is 3.16. The van der Waals surface area contributed by atoms with Gasteiger partial charge in [0.05, 0.1) is 11.7 Å². The molecule has 5 heteroatoms. The third-order valence-corrected chi connectivity index (χ3v) is 9.30. The first-order chi connectivity index (χ1) is 14.0. The zero-order valence-electron chi connectivity index (χ0n) is 19.2. The fourth-order valence-electron chi connectivity index (χ4n) is 6.70. The SMILES string of the molecule is C/C=C(/C)C(=O)O[C@H]1C[C@]2(C)[C@@H](CC[C@H]3O[C@]32C)[C@](C)(CCC2=CC(=O)OC2)[C@@H]1C. The van der Waals surface area contributed by atoms with E-state index >= 15 is 0 Å². The van der Waals surface area contributed by atoms with Gasteiger partial charge in [-0.25, -0.2) is 9.59 Å². The minimum Gasteiger partial charge on any atom is -0.459 e. The Labute approximate surface area is 180 Å². The van der Waals surface area contributed by atoms with Crippen LogP contribution in [0.3, 0.4) is 0 Å². The molecule has 2 heterocycles. The van der Waals surface area contributed by atoms with Gasteiger partial charge < -0.3 is 14.2 Å². The van der Waals surface area contributed by atoms with Crippen molar-refractivity contribution in [3.05, 3.63) is 23.3 Å². The molecule has 5 nitrogen and oxygen atoms in total. The van der Waals surface area contributed by atoms with Gasteiger partial charge in [-0.05, 0) is 75.7 Å². The highest BCUT2D eigenvalue weighted by Crippen LogP contribution is 2.70. The Hall–Kier alpha value is -1.62. The van der Waals surface area contributed by atoms with Crippen LogP contribution in [0.2, 0.25) is 0 Å². The Morgan fingerprint density at radius 3 is 2.67 bits per heavy atom. The maximum atomic E-state index is 12.7. The average molecular weight is 417 g/mol. The van der Waals surface area contributed by atoms with Gasteiger partial charge in [0.15, 0.2) is 0 Å². The summed E-state index contributed by atoms with van der Waals surface area (Å²) < 4.78 is 17.5. The van der Waals surface area contributed by atoms with Crippen LogP contribution < -0.4 is 0 Å². The number of allylic oxidation sites excluding steroid dienone is 1. The van der Waals surface area contributed by atoms with E-state index in [2.05, 4.69) is 27.7 Å². The van der Waals surface area contributed by atoms with E-state index in [0.717, 1.165) is 37.7 Å². The molecule has 30 heavy (non-hydrogen) atoms. The summed E-state index contributed by atoms with van der Waals surface area (Å²) in [7, 11) is 0. The predicted molar refractivity (Wildman–Crippen MR) is 114 cm³/mol. The van der Waals surface area contributed by atoms with Crippen LogP contribution in [-0.2, 0) is 23.8 Å². The zero-order chi connectivity index (χ0) is 21.9. The number of esters is 2. The van der Waals surface area contributed by atoms with Crippen molar-refractivity contribution < 1.29 is 23.8 Å². The van der Waals surface area contributed by atoms with Crippen LogP contribution in [0.15, 0.2) is 23.3 Å². The fourth-order valence-corrected chi connectivity index (χ4v) is 6.70. The van der Waals surface area contributed by atoms with Gasteiger partial charge in [-0.15, -0.1) is 0 Å². The van der Waals surface area contributed by atoms with Crippen molar-refractivity contribution in [1.82, 2.24) is 0 Å². The van der Waals surface area contributed by atoms with E-state index in [9.17, 15) is 9.59 Å². The molecule has 4 aliphatic rings. The molecule has 0 aromatic carbocycles. The van der Waals surface area contributed by atoms with Gasteiger partial charge in [-0.1, -0.05) is 26.8 Å². The molecule has 7 atom stereocenters. The van der Waals surface area contributed by atoms with E-state index in [4.69, 9.17) is 14.2 Å². The summed E-state index contributed by atoms with van der Waals surface area (Å²) in [5.41, 5.74) is 1.53. The summed E-state index contributed by atoms with van der Waals surface area (Å²) in [6, 6.07) is 0. The molecule has 0 unspecified atom stereocenters. The fraction of sp³-hybridized carbons (Fsp3) is 0.760. The van der Waals surface area contributed by atoms with E-state index in [1.165, 1.54) is 0 Å². The van der Waals surface area contributed by atoms with Crippen LogP contribution in [0.25, 0.3) is 0 Å².